The molecule has 9 heteroatoms. The van der Waals surface area contributed by atoms with Gasteiger partial charge in [-0.3, -0.25) is 19.1 Å². The first-order chi connectivity index (χ1) is 14.4. The van der Waals surface area contributed by atoms with Crippen LogP contribution in [0.5, 0.6) is 11.5 Å². The minimum atomic E-state index is -0.731. The van der Waals surface area contributed by atoms with E-state index in [0.717, 1.165) is 5.56 Å². The maximum Gasteiger partial charge on any atom is 0.268 e. The summed E-state index contributed by atoms with van der Waals surface area (Å²) >= 11 is 0. The second-order valence-corrected chi connectivity index (χ2v) is 6.93. The van der Waals surface area contributed by atoms with E-state index in [2.05, 4.69) is 10.3 Å². The molecule has 4 rings (SSSR count). The Balaban J connectivity index is 1.96. The molecule has 30 heavy (non-hydrogen) atoms. The molecule has 152 valence electrons. The number of aromatic hydroxyl groups is 1. The predicted octanol–water partition coefficient (Wildman–Crippen LogP) is 1.87. The summed E-state index contributed by atoms with van der Waals surface area (Å²) in [5, 5.41) is 22.1. The smallest absolute Gasteiger partial charge is 0.268 e. The van der Waals surface area contributed by atoms with Gasteiger partial charge in [0, 0.05) is 25.2 Å². The van der Waals surface area contributed by atoms with Crippen molar-refractivity contribution in [2.45, 2.75) is 25.5 Å². The van der Waals surface area contributed by atoms with Crippen molar-refractivity contribution in [1.82, 2.24) is 14.9 Å². The van der Waals surface area contributed by atoms with Gasteiger partial charge >= 0.3 is 0 Å². The number of carbonyl (C=O) groups is 1. The highest BCUT2D eigenvalue weighted by Gasteiger charge is 2.31. The Labute approximate surface area is 170 Å². The van der Waals surface area contributed by atoms with Crippen LogP contribution in [0.4, 0.5) is 4.39 Å². The van der Waals surface area contributed by atoms with Gasteiger partial charge in [-0.1, -0.05) is 12.1 Å². The Hall–Kier alpha value is -3.93. The van der Waals surface area contributed by atoms with Gasteiger partial charge in [0.05, 0.1) is 19.0 Å². The van der Waals surface area contributed by atoms with Crippen LogP contribution in [0.25, 0.3) is 11.0 Å². The Morgan fingerprint density at radius 2 is 2.17 bits per heavy atom. The van der Waals surface area contributed by atoms with Crippen LogP contribution in [-0.4, -0.2) is 33.7 Å². The van der Waals surface area contributed by atoms with Gasteiger partial charge in [0.1, 0.15) is 28.5 Å². The minimum Gasteiger partial charge on any atom is -0.505 e. The fraction of sp³-hybridized carbons (Fsp3) is 0.238. The number of benzene rings is 1. The summed E-state index contributed by atoms with van der Waals surface area (Å²) in [6, 6.07) is 7.96. The highest BCUT2D eigenvalue weighted by molar-refractivity contribution is 6.02. The normalized spacial score (nSPS) is 14.8. The number of rotatable bonds is 4. The number of halogens is 1. The Bertz CT molecular complexity index is 1260. The lowest BCUT2D eigenvalue weighted by Crippen LogP contribution is -2.38. The number of hydrogen-bond acceptors (Lipinski definition) is 6. The summed E-state index contributed by atoms with van der Waals surface area (Å²) < 4.78 is 20.6. The van der Waals surface area contributed by atoms with E-state index in [0.29, 0.717) is 17.7 Å². The van der Waals surface area contributed by atoms with Gasteiger partial charge in [0.15, 0.2) is 11.5 Å². The van der Waals surface area contributed by atoms with E-state index in [1.54, 1.807) is 12.1 Å². The maximum absolute atomic E-state index is 13.2. The standard InChI is InChI=1S/C21H17FN4O4/c1-24-20(28)15-18(27)16-17-19(30-14(6-7-23)10-26(17)21(15)29)12(9-25-16)8-11-2-4-13(22)5-3-11/h2-5,9,14,27H,6,8,10H2,1H3,(H,24,28)/t14-/m0/s1. The Morgan fingerprint density at radius 3 is 2.83 bits per heavy atom. The molecule has 0 spiro atoms. The summed E-state index contributed by atoms with van der Waals surface area (Å²) in [5.74, 6) is -1.30. The highest BCUT2D eigenvalue weighted by atomic mass is 19.1. The lowest BCUT2D eigenvalue weighted by atomic mass is 10.0. The molecule has 0 radical (unpaired) electrons. The van der Waals surface area contributed by atoms with E-state index in [1.807, 2.05) is 6.07 Å². The fourth-order valence-corrected chi connectivity index (χ4v) is 3.60. The third-order valence-electron chi connectivity index (χ3n) is 5.02. The molecule has 3 heterocycles. The van der Waals surface area contributed by atoms with E-state index in [9.17, 15) is 19.1 Å². The summed E-state index contributed by atoms with van der Waals surface area (Å²) in [6.45, 7) is 0.0435. The van der Waals surface area contributed by atoms with E-state index in [-0.39, 0.29) is 29.8 Å². The third-order valence-corrected chi connectivity index (χ3v) is 5.02. The molecular formula is C21H17FN4O4. The monoisotopic (exact) mass is 408 g/mol. The molecule has 0 fully saturated rings. The molecule has 3 aromatic rings. The lowest BCUT2D eigenvalue weighted by Gasteiger charge is -2.28. The SMILES string of the molecule is CNC(=O)c1c(O)c2ncc(Cc3ccc(F)cc3)c3c2n(c1=O)C[C@H](CC#N)O3. The van der Waals surface area contributed by atoms with Crippen LogP contribution in [0.3, 0.4) is 0 Å². The molecule has 8 nitrogen and oxygen atoms in total. The summed E-state index contributed by atoms with van der Waals surface area (Å²) in [5.41, 5.74) is 0.622. The molecular weight excluding hydrogens is 391 g/mol. The van der Waals surface area contributed by atoms with Crippen LogP contribution in [0.1, 0.15) is 27.9 Å². The molecule has 1 aliphatic heterocycles. The maximum atomic E-state index is 13.2. The number of hydrogen-bond donors (Lipinski definition) is 2. The molecule has 0 aliphatic carbocycles. The van der Waals surface area contributed by atoms with Gasteiger partial charge in [0.25, 0.3) is 11.5 Å². The molecule has 1 amide bonds. The number of pyridine rings is 2. The van der Waals surface area contributed by atoms with E-state index < -0.39 is 28.9 Å². The van der Waals surface area contributed by atoms with Crippen molar-refractivity contribution >= 4 is 16.9 Å². The number of carbonyl (C=O) groups excluding carboxylic acids is 1. The molecule has 0 saturated carbocycles. The minimum absolute atomic E-state index is 0.0296. The van der Waals surface area contributed by atoms with E-state index in [4.69, 9.17) is 10.00 Å². The van der Waals surface area contributed by atoms with Crippen LogP contribution in [0.15, 0.2) is 35.3 Å². The van der Waals surface area contributed by atoms with Crippen molar-refractivity contribution in [3.05, 3.63) is 63.3 Å². The number of nitrogens with zero attached hydrogens (tertiary/aromatic N) is 3. The second-order valence-electron chi connectivity index (χ2n) is 6.93. The predicted molar refractivity (Wildman–Crippen MR) is 105 cm³/mol. The largest absolute Gasteiger partial charge is 0.505 e. The fourth-order valence-electron chi connectivity index (χ4n) is 3.60. The van der Waals surface area contributed by atoms with Gasteiger partial charge in [-0.2, -0.15) is 5.26 Å². The van der Waals surface area contributed by atoms with Gasteiger partial charge in [0.2, 0.25) is 0 Å². The molecule has 2 aromatic heterocycles. The molecule has 0 bridgehead atoms. The number of aromatic nitrogens is 2. The number of ether oxygens (including phenoxy) is 1. The topological polar surface area (TPSA) is 117 Å². The van der Waals surface area contributed by atoms with Crippen LogP contribution >= 0.6 is 0 Å². The molecule has 1 aliphatic rings. The van der Waals surface area contributed by atoms with Gasteiger partial charge < -0.3 is 15.2 Å². The average molecular weight is 408 g/mol. The first-order valence-corrected chi connectivity index (χ1v) is 9.22. The van der Waals surface area contributed by atoms with Crippen molar-refractivity contribution in [3.8, 4) is 17.6 Å². The third kappa shape index (κ3) is 3.12. The van der Waals surface area contributed by atoms with Crippen LogP contribution in [0, 0.1) is 17.1 Å². The van der Waals surface area contributed by atoms with Crippen molar-refractivity contribution in [2.75, 3.05) is 7.05 Å². The first-order valence-electron chi connectivity index (χ1n) is 9.22. The molecule has 1 atom stereocenters. The highest BCUT2D eigenvalue weighted by Crippen LogP contribution is 2.38. The molecule has 0 saturated heterocycles. The summed E-state index contributed by atoms with van der Waals surface area (Å²) in [4.78, 5) is 29.5. The van der Waals surface area contributed by atoms with Gasteiger partial charge in [-0.15, -0.1) is 0 Å². The first kappa shape index (κ1) is 19.4. The van der Waals surface area contributed by atoms with Gasteiger partial charge in [-0.25, -0.2) is 4.39 Å². The van der Waals surface area contributed by atoms with E-state index in [1.165, 1.54) is 29.9 Å². The molecule has 1 aromatic carbocycles. The number of nitriles is 1. The number of amides is 1. The van der Waals surface area contributed by atoms with Gasteiger partial charge in [-0.05, 0) is 17.7 Å². The molecule has 2 N–H and O–H groups in total. The zero-order valence-electron chi connectivity index (χ0n) is 16.0. The average Bonchev–Trinajstić information content (AvgIpc) is 2.74. The van der Waals surface area contributed by atoms with Crippen LogP contribution in [-0.2, 0) is 13.0 Å². The zero-order valence-corrected chi connectivity index (χ0v) is 16.0. The summed E-state index contributed by atoms with van der Waals surface area (Å²) in [6.07, 6.45) is 1.24. The quantitative estimate of drug-likeness (QED) is 0.681. The van der Waals surface area contributed by atoms with Crippen LogP contribution in [0.2, 0.25) is 0 Å². The van der Waals surface area contributed by atoms with Crippen molar-refractivity contribution in [1.29, 1.82) is 5.26 Å². The van der Waals surface area contributed by atoms with Crippen LogP contribution < -0.4 is 15.6 Å². The second kappa shape index (κ2) is 7.48. The summed E-state index contributed by atoms with van der Waals surface area (Å²) in [7, 11) is 1.36. The van der Waals surface area contributed by atoms with Crippen molar-refractivity contribution < 1.29 is 19.0 Å². The Morgan fingerprint density at radius 1 is 1.43 bits per heavy atom. The van der Waals surface area contributed by atoms with Crippen molar-refractivity contribution in [3.63, 3.8) is 0 Å². The number of nitrogens with one attached hydrogen (secondary N) is 1. The van der Waals surface area contributed by atoms with E-state index >= 15 is 0 Å². The zero-order chi connectivity index (χ0) is 21.4. The molecule has 0 unspecified atom stereocenters. The Kier molecular flexibility index (Phi) is 4.83. The van der Waals surface area contributed by atoms with Crippen molar-refractivity contribution in [2.24, 2.45) is 0 Å². The lowest BCUT2D eigenvalue weighted by molar-refractivity contribution is 0.0957.